The third kappa shape index (κ3) is 4.30. The molecule has 0 radical (unpaired) electrons. The summed E-state index contributed by atoms with van der Waals surface area (Å²) in [5, 5.41) is 12.9. The summed E-state index contributed by atoms with van der Waals surface area (Å²) in [5.74, 6) is -0.729. The molecule has 1 saturated heterocycles. The van der Waals surface area contributed by atoms with Gasteiger partial charge in [0.2, 0.25) is 5.88 Å². The first-order chi connectivity index (χ1) is 13.3. The zero-order chi connectivity index (χ0) is 20.3. The van der Waals surface area contributed by atoms with Crippen LogP contribution in [0.4, 0.5) is 19.0 Å². The largest absolute Gasteiger partial charge is 0.481 e. The Bertz CT molecular complexity index is 849. The van der Waals surface area contributed by atoms with E-state index in [0.29, 0.717) is 22.6 Å². The Labute approximate surface area is 160 Å². The average molecular weight is 397 g/mol. The lowest BCUT2D eigenvalue weighted by molar-refractivity contribution is -0.179. The third-order valence-corrected chi connectivity index (χ3v) is 4.91. The molecule has 1 aromatic carbocycles. The Kier molecular flexibility index (Phi) is 5.93. The number of hydrogen-bond acceptors (Lipinski definition) is 5. The van der Waals surface area contributed by atoms with E-state index < -0.39 is 12.1 Å². The molecular formula is C19H22F3N3O3. The van der Waals surface area contributed by atoms with E-state index >= 15 is 0 Å². The number of amides is 1. The van der Waals surface area contributed by atoms with Gasteiger partial charge in [0.25, 0.3) is 5.91 Å². The Balaban J connectivity index is 1.91. The lowest BCUT2D eigenvalue weighted by Gasteiger charge is -2.34. The number of piperidine rings is 1. The quantitative estimate of drug-likeness (QED) is 0.812. The van der Waals surface area contributed by atoms with Gasteiger partial charge in [-0.25, -0.2) is 0 Å². The van der Waals surface area contributed by atoms with Gasteiger partial charge in [-0.05, 0) is 36.4 Å². The summed E-state index contributed by atoms with van der Waals surface area (Å²) in [5.41, 5.74) is 0.413. The summed E-state index contributed by atoms with van der Waals surface area (Å²) in [6.07, 6.45) is -4.14. The highest BCUT2D eigenvalue weighted by Gasteiger charge is 2.41. The SMILES string of the molecule is COc1cc2cc(C(=O)NCCO)ccc2c(N2CCC(C(F)(F)F)CC2)n1. The smallest absolute Gasteiger partial charge is 0.391 e. The molecule has 1 amide bonds. The number of methoxy groups -OCH3 is 1. The van der Waals surface area contributed by atoms with Crippen LogP contribution < -0.4 is 15.0 Å². The molecule has 9 heteroatoms. The predicted molar refractivity (Wildman–Crippen MR) is 98.7 cm³/mol. The number of ether oxygens (including phenoxy) is 1. The second kappa shape index (κ2) is 8.22. The summed E-state index contributed by atoms with van der Waals surface area (Å²) in [6, 6.07) is 6.73. The van der Waals surface area contributed by atoms with Crippen LogP contribution in [0.25, 0.3) is 10.8 Å². The number of hydrogen-bond donors (Lipinski definition) is 2. The molecular weight excluding hydrogens is 375 g/mol. The van der Waals surface area contributed by atoms with Crippen molar-refractivity contribution in [3.63, 3.8) is 0 Å². The van der Waals surface area contributed by atoms with Crippen LogP contribution in [0.5, 0.6) is 5.88 Å². The number of anilines is 1. The van der Waals surface area contributed by atoms with Gasteiger partial charge in [0.05, 0.1) is 19.6 Å². The summed E-state index contributed by atoms with van der Waals surface area (Å²) in [7, 11) is 1.46. The second-order valence-corrected chi connectivity index (χ2v) is 6.71. The van der Waals surface area contributed by atoms with Gasteiger partial charge >= 0.3 is 6.18 Å². The zero-order valence-electron chi connectivity index (χ0n) is 15.4. The fraction of sp³-hybridized carbons (Fsp3) is 0.474. The van der Waals surface area contributed by atoms with E-state index in [1.165, 1.54) is 7.11 Å². The number of nitrogens with one attached hydrogen (secondary N) is 1. The van der Waals surface area contributed by atoms with Crippen molar-refractivity contribution in [3.05, 3.63) is 29.8 Å². The zero-order valence-corrected chi connectivity index (χ0v) is 15.4. The van der Waals surface area contributed by atoms with Crippen molar-refractivity contribution in [1.29, 1.82) is 0 Å². The van der Waals surface area contributed by atoms with Gasteiger partial charge in [-0.3, -0.25) is 4.79 Å². The maximum absolute atomic E-state index is 12.9. The molecule has 2 heterocycles. The number of rotatable bonds is 5. The van der Waals surface area contributed by atoms with Gasteiger partial charge in [-0.2, -0.15) is 18.2 Å². The number of carbonyl (C=O) groups excluding carboxylic acids is 1. The lowest BCUT2D eigenvalue weighted by atomic mass is 9.96. The molecule has 2 N–H and O–H groups in total. The summed E-state index contributed by atoms with van der Waals surface area (Å²) < 4.78 is 44.1. The lowest BCUT2D eigenvalue weighted by Crippen LogP contribution is -2.39. The molecule has 0 saturated carbocycles. The van der Waals surface area contributed by atoms with Crippen LogP contribution in [0.2, 0.25) is 0 Å². The average Bonchev–Trinajstić information content (AvgIpc) is 2.70. The second-order valence-electron chi connectivity index (χ2n) is 6.71. The molecule has 0 aliphatic carbocycles. The maximum atomic E-state index is 12.9. The molecule has 1 aliphatic rings. The predicted octanol–water partition coefficient (Wildman–Crippen LogP) is 2.74. The number of carbonyl (C=O) groups is 1. The number of alkyl halides is 3. The molecule has 0 bridgehead atoms. The highest BCUT2D eigenvalue weighted by molar-refractivity contribution is 6.01. The Morgan fingerprint density at radius 3 is 2.64 bits per heavy atom. The fourth-order valence-corrected chi connectivity index (χ4v) is 3.39. The minimum absolute atomic E-state index is 0.0194. The van der Waals surface area contributed by atoms with Gasteiger partial charge in [0.1, 0.15) is 5.82 Å². The molecule has 1 fully saturated rings. The van der Waals surface area contributed by atoms with Crippen molar-refractivity contribution in [2.75, 3.05) is 38.3 Å². The molecule has 6 nitrogen and oxygen atoms in total. The van der Waals surface area contributed by atoms with Crippen molar-refractivity contribution >= 4 is 22.5 Å². The van der Waals surface area contributed by atoms with Gasteiger partial charge < -0.3 is 20.1 Å². The van der Waals surface area contributed by atoms with Gasteiger partial charge in [-0.1, -0.05) is 0 Å². The van der Waals surface area contributed by atoms with Crippen LogP contribution >= 0.6 is 0 Å². The van der Waals surface area contributed by atoms with Crippen molar-refractivity contribution in [2.45, 2.75) is 19.0 Å². The minimum atomic E-state index is -4.17. The number of aliphatic hydroxyl groups is 1. The Hall–Kier alpha value is -2.55. The number of benzene rings is 1. The number of pyridine rings is 1. The van der Waals surface area contributed by atoms with Crippen molar-refractivity contribution in [1.82, 2.24) is 10.3 Å². The van der Waals surface area contributed by atoms with Crippen LogP contribution in [0.1, 0.15) is 23.2 Å². The highest BCUT2D eigenvalue weighted by atomic mass is 19.4. The monoisotopic (exact) mass is 397 g/mol. The molecule has 28 heavy (non-hydrogen) atoms. The summed E-state index contributed by atoms with van der Waals surface area (Å²) in [6.45, 7) is 0.487. The van der Waals surface area contributed by atoms with Crippen molar-refractivity contribution < 1.29 is 27.8 Å². The first kappa shape index (κ1) is 20.2. The van der Waals surface area contributed by atoms with Gasteiger partial charge in [0.15, 0.2) is 0 Å². The number of halogens is 3. The summed E-state index contributed by atoms with van der Waals surface area (Å²) >= 11 is 0. The molecule has 1 aromatic heterocycles. The number of nitrogens with zero attached hydrogens (tertiary/aromatic N) is 2. The summed E-state index contributed by atoms with van der Waals surface area (Å²) in [4.78, 5) is 18.4. The molecule has 0 spiro atoms. The third-order valence-electron chi connectivity index (χ3n) is 4.91. The van der Waals surface area contributed by atoms with E-state index in [1.54, 1.807) is 24.3 Å². The molecule has 0 atom stereocenters. The van der Waals surface area contributed by atoms with Crippen LogP contribution in [0, 0.1) is 5.92 Å². The standard InChI is InChI=1S/C19H22F3N3O3/c1-28-16-11-13-10-12(18(27)23-6-9-26)2-3-15(13)17(24-16)25-7-4-14(5-8-25)19(20,21)22/h2-3,10-11,14,26H,4-9H2,1H3,(H,23,27). The van der Waals surface area contributed by atoms with Gasteiger partial charge in [0, 0.05) is 36.7 Å². The van der Waals surface area contributed by atoms with E-state index in [4.69, 9.17) is 9.84 Å². The maximum Gasteiger partial charge on any atom is 0.391 e. The normalized spacial score (nSPS) is 15.7. The molecule has 152 valence electrons. The first-order valence-electron chi connectivity index (χ1n) is 9.03. The molecule has 1 aliphatic heterocycles. The molecule has 0 unspecified atom stereocenters. The van der Waals surface area contributed by atoms with Crippen LogP contribution in [0.15, 0.2) is 24.3 Å². The van der Waals surface area contributed by atoms with E-state index in [-0.39, 0.29) is 45.0 Å². The number of aromatic nitrogens is 1. The van der Waals surface area contributed by atoms with Gasteiger partial charge in [-0.15, -0.1) is 0 Å². The van der Waals surface area contributed by atoms with Crippen LogP contribution in [-0.4, -0.2) is 55.5 Å². The fourth-order valence-electron chi connectivity index (χ4n) is 3.39. The number of fused-ring (bicyclic) bond motifs is 1. The Morgan fingerprint density at radius 2 is 2.04 bits per heavy atom. The first-order valence-corrected chi connectivity index (χ1v) is 9.03. The topological polar surface area (TPSA) is 74.7 Å². The molecule has 3 rings (SSSR count). The van der Waals surface area contributed by atoms with Crippen molar-refractivity contribution in [2.24, 2.45) is 5.92 Å². The van der Waals surface area contributed by atoms with Crippen molar-refractivity contribution in [3.8, 4) is 5.88 Å². The van der Waals surface area contributed by atoms with Crippen LogP contribution in [0.3, 0.4) is 0 Å². The van der Waals surface area contributed by atoms with Crippen LogP contribution in [-0.2, 0) is 0 Å². The molecule has 2 aromatic rings. The van der Waals surface area contributed by atoms with E-state index in [2.05, 4.69) is 10.3 Å². The minimum Gasteiger partial charge on any atom is -0.481 e. The van der Waals surface area contributed by atoms with E-state index in [1.807, 2.05) is 4.90 Å². The van der Waals surface area contributed by atoms with E-state index in [9.17, 15) is 18.0 Å². The Morgan fingerprint density at radius 1 is 1.32 bits per heavy atom. The number of aliphatic hydroxyl groups excluding tert-OH is 1. The van der Waals surface area contributed by atoms with E-state index in [0.717, 1.165) is 5.39 Å². The highest BCUT2D eigenvalue weighted by Crippen LogP contribution is 2.37.